The third-order valence-electron chi connectivity index (χ3n) is 1.47. The maximum absolute atomic E-state index is 11.0. The molecule has 0 spiro atoms. The van der Waals surface area contributed by atoms with Gasteiger partial charge in [0.15, 0.2) is 0 Å². The molecule has 0 saturated heterocycles. The van der Waals surface area contributed by atoms with E-state index in [2.05, 4.69) is 0 Å². The summed E-state index contributed by atoms with van der Waals surface area (Å²) in [6.45, 7) is 2.03. The summed E-state index contributed by atoms with van der Waals surface area (Å²) in [5.74, 6) is 0.120. The van der Waals surface area contributed by atoms with Crippen molar-refractivity contribution in [2.45, 2.75) is 13.3 Å². The smallest absolute Gasteiger partial charge is 0.213 e. The molecule has 0 aromatic heterocycles. The topological polar surface area (TPSA) is 57.6 Å². The largest absolute Gasteiger partial charge is 0.396 e. The normalized spacial score (nSPS) is 12.4. The Labute approximate surface area is 67.9 Å². The molecule has 0 aliphatic heterocycles. The third kappa shape index (κ3) is 3.69. The Balaban J connectivity index is 3.93. The predicted molar refractivity (Wildman–Crippen MR) is 43.8 cm³/mol. The summed E-state index contributed by atoms with van der Waals surface area (Å²) in [7, 11) is -1.53. The molecule has 0 aromatic rings. The number of hydrogen-bond acceptors (Lipinski definition) is 3. The molecule has 5 heteroatoms. The highest BCUT2D eigenvalue weighted by Gasteiger charge is 2.13. The number of nitrogens with zero attached hydrogens (tertiary/aromatic N) is 1. The minimum Gasteiger partial charge on any atom is -0.396 e. The van der Waals surface area contributed by atoms with E-state index in [1.165, 1.54) is 11.4 Å². The highest BCUT2D eigenvalue weighted by atomic mass is 32.2. The summed E-state index contributed by atoms with van der Waals surface area (Å²) in [6, 6.07) is 0. The van der Waals surface area contributed by atoms with Gasteiger partial charge in [-0.05, 0) is 13.3 Å². The van der Waals surface area contributed by atoms with E-state index >= 15 is 0 Å². The van der Waals surface area contributed by atoms with Crippen molar-refractivity contribution >= 4 is 10.0 Å². The SMILES string of the molecule is CCS(=O)(=O)N(C)CCCO. The lowest BCUT2D eigenvalue weighted by atomic mass is 10.5. The van der Waals surface area contributed by atoms with Crippen LogP contribution in [0.4, 0.5) is 0 Å². The van der Waals surface area contributed by atoms with Gasteiger partial charge in [-0.2, -0.15) is 0 Å². The fraction of sp³-hybridized carbons (Fsp3) is 1.00. The zero-order valence-electron chi connectivity index (χ0n) is 6.95. The lowest BCUT2D eigenvalue weighted by Crippen LogP contribution is -2.29. The van der Waals surface area contributed by atoms with Crippen molar-refractivity contribution in [2.24, 2.45) is 0 Å². The van der Waals surface area contributed by atoms with Gasteiger partial charge in [-0.1, -0.05) is 0 Å². The van der Waals surface area contributed by atoms with Crippen molar-refractivity contribution in [3.05, 3.63) is 0 Å². The molecule has 0 fully saturated rings. The molecular weight excluding hydrogens is 166 g/mol. The van der Waals surface area contributed by atoms with Crippen molar-refractivity contribution in [1.29, 1.82) is 0 Å². The molecule has 0 radical (unpaired) electrons. The number of hydrogen-bond donors (Lipinski definition) is 1. The van der Waals surface area contributed by atoms with Crippen molar-refractivity contribution in [3.8, 4) is 0 Å². The fourth-order valence-electron chi connectivity index (χ4n) is 0.653. The van der Waals surface area contributed by atoms with Crippen LogP contribution in [0.1, 0.15) is 13.3 Å². The van der Waals surface area contributed by atoms with Crippen LogP contribution in [0.25, 0.3) is 0 Å². The summed E-state index contributed by atoms with van der Waals surface area (Å²) in [5, 5.41) is 8.43. The Morgan fingerprint density at radius 3 is 2.36 bits per heavy atom. The van der Waals surface area contributed by atoms with Gasteiger partial charge >= 0.3 is 0 Å². The maximum Gasteiger partial charge on any atom is 0.213 e. The average molecular weight is 181 g/mol. The number of aliphatic hydroxyl groups excluding tert-OH is 1. The average Bonchev–Trinajstić information content (AvgIpc) is 2.00. The van der Waals surface area contributed by atoms with Crippen LogP contribution in [0.2, 0.25) is 0 Å². The molecule has 0 aliphatic carbocycles. The quantitative estimate of drug-likeness (QED) is 0.630. The van der Waals surface area contributed by atoms with E-state index in [0.29, 0.717) is 13.0 Å². The first-order valence-electron chi connectivity index (χ1n) is 3.59. The summed E-state index contributed by atoms with van der Waals surface area (Å²) >= 11 is 0. The Morgan fingerprint density at radius 1 is 1.45 bits per heavy atom. The fourth-order valence-corrected chi connectivity index (χ4v) is 1.50. The second kappa shape index (κ2) is 4.69. The van der Waals surface area contributed by atoms with E-state index in [4.69, 9.17) is 5.11 Å². The maximum atomic E-state index is 11.0. The lowest BCUT2D eigenvalue weighted by molar-refractivity contribution is 0.275. The van der Waals surface area contributed by atoms with Gasteiger partial charge in [0.1, 0.15) is 0 Å². The van der Waals surface area contributed by atoms with Gasteiger partial charge in [0.25, 0.3) is 0 Å². The number of rotatable bonds is 5. The molecule has 0 aromatic carbocycles. The summed E-state index contributed by atoms with van der Waals surface area (Å²) in [4.78, 5) is 0. The van der Waals surface area contributed by atoms with Crippen LogP contribution in [0.15, 0.2) is 0 Å². The molecule has 4 nitrogen and oxygen atoms in total. The zero-order valence-corrected chi connectivity index (χ0v) is 7.76. The van der Waals surface area contributed by atoms with Gasteiger partial charge in [0.2, 0.25) is 10.0 Å². The van der Waals surface area contributed by atoms with Gasteiger partial charge in [-0.3, -0.25) is 0 Å². The van der Waals surface area contributed by atoms with Crippen LogP contribution in [0.3, 0.4) is 0 Å². The van der Waals surface area contributed by atoms with Crippen molar-refractivity contribution in [1.82, 2.24) is 4.31 Å². The van der Waals surface area contributed by atoms with Crippen LogP contribution >= 0.6 is 0 Å². The van der Waals surface area contributed by atoms with E-state index in [9.17, 15) is 8.42 Å². The third-order valence-corrected chi connectivity index (χ3v) is 3.33. The van der Waals surface area contributed by atoms with E-state index < -0.39 is 10.0 Å². The molecular formula is C6H15NO3S. The first kappa shape index (κ1) is 10.9. The summed E-state index contributed by atoms with van der Waals surface area (Å²) < 4.78 is 23.4. The van der Waals surface area contributed by atoms with Gasteiger partial charge < -0.3 is 5.11 Å². The first-order valence-corrected chi connectivity index (χ1v) is 5.20. The van der Waals surface area contributed by atoms with Crippen molar-refractivity contribution < 1.29 is 13.5 Å². The van der Waals surface area contributed by atoms with E-state index in [0.717, 1.165) is 0 Å². The minimum atomic E-state index is -3.05. The predicted octanol–water partition coefficient (Wildman–Crippen LogP) is -0.350. The highest BCUT2D eigenvalue weighted by molar-refractivity contribution is 7.89. The Bertz CT molecular complexity index is 188. The zero-order chi connectivity index (χ0) is 8.91. The Morgan fingerprint density at radius 2 is 2.00 bits per heavy atom. The lowest BCUT2D eigenvalue weighted by Gasteiger charge is -2.14. The van der Waals surface area contributed by atoms with Gasteiger partial charge in [-0.15, -0.1) is 0 Å². The Hall–Kier alpha value is -0.130. The van der Waals surface area contributed by atoms with Gasteiger partial charge in [0, 0.05) is 20.2 Å². The van der Waals surface area contributed by atoms with Gasteiger partial charge in [-0.25, -0.2) is 12.7 Å². The molecule has 0 amide bonds. The molecule has 68 valence electrons. The molecule has 0 atom stereocenters. The number of aliphatic hydroxyl groups is 1. The highest BCUT2D eigenvalue weighted by Crippen LogP contribution is 1.97. The van der Waals surface area contributed by atoms with Crippen molar-refractivity contribution in [2.75, 3.05) is 26.0 Å². The van der Waals surface area contributed by atoms with Crippen LogP contribution < -0.4 is 0 Å². The Kier molecular flexibility index (Phi) is 4.63. The molecule has 1 N–H and O–H groups in total. The van der Waals surface area contributed by atoms with Crippen LogP contribution in [-0.2, 0) is 10.0 Å². The molecule has 0 rings (SSSR count). The summed E-state index contributed by atoms with van der Waals surface area (Å²) in [6.07, 6.45) is 0.496. The van der Waals surface area contributed by atoms with Gasteiger partial charge in [0.05, 0.1) is 5.75 Å². The van der Waals surface area contributed by atoms with Crippen LogP contribution in [-0.4, -0.2) is 43.8 Å². The summed E-state index contributed by atoms with van der Waals surface area (Å²) in [5.41, 5.74) is 0. The number of sulfonamides is 1. The molecule has 0 bridgehead atoms. The van der Waals surface area contributed by atoms with Crippen LogP contribution in [0.5, 0.6) is 0 Å². The molecule has 0 saturated carbocycles. The molecule has 11 heavy (non-hydrogen) atoms. The van der Waals surface area contributed by atoms with Crippen molar-refractivity contribution in [3.63, 3.8) is 0 Å². The van der Waals surface area contributed by atoms with E-state index in [1.54, 1.807) is 6.92 Å². The van der Waals surface area contributed by atoms with Crippen LogP contribution in [0, 0.1) is 0 Å². The molecule has 0 unspecified atom stereocenters. The monoisotopic (exact) mass is 181 g/mol. The first-order chi connectivity index (χ1) is 5.04. The second-order valence-corrected chi connectivity index (χ2v) is 4.66. The van der Waals surface area contributed by atoms with E-state index in [1.807, 2.05) is 0 Å². The standard InChI is InChI=1S/C6H15NO3S/c1-3-11(9,10)7(2)5-4-6-8/h8H,3-6H2,1-2H3. The van der Waals surface area contributed by atoms with E-state index in [-0.39, 0.29) is 12.4 Å². The minimum absolute atomic E-state index is 0.0313. The second-order valence-electron chi connectivity index (χ2n) is 2.30. The molecule has 0 heterocycles. The molecule has 0 aliphatic rings.